The van der Waals surface area contributed by atoms with Gasteiger partial charge in [-0.2, -0.15) is 4.98 Å². The van der Waals surface area contributed by atoms with Crippen molar-refractivity contribution in [2.75, 3.05) is 14.2 Å². The standard InChI is InChI=1S/C19H19N3O5/c1-11-5-4-8-22-16(11)21-18(24)15(19(22)25)17(23)20-10-12-6-7-13(26-2)14(9-12)27-3/h4-9,24H,10H2,1-3H3,(H,20,23). The molecule has 3 rings (SSSR count). The minimum Gasteiger partial charge on any atom is -0.493 e. The quantitative estimate of drug-likeness (QED) is 0.709. The van der Waals surface area contributed by atoms with Gasteiger partial charge in [0.15, 0.2) is 17.1 Å². The summed E-state index contributed by atoms with van der Waals surface area (Å²) in [7, 11) is 3.05. The fraction of sp³-hybridized carbons (Fsp3) is 0.211. The number of ether oxygens (including phenoxy) is 2. The lowest BCUT2D eigenvalue weighted by Gasteiger charge is -2.11. The zero-order chi connectivity index (χ0) is 19.6. The first-order valence-corrected chi connectivity index (χ1v) is 8.16. The summed E-state index contributed by atoms with van der Waals surface area (Å²) in [5.74, 6) is -0.220. The molecule has 0 unspecified atom stereocenters. The van der Waals surface area contributed by atoms with Crippen molar-refractivity contribution in [1.29, 1.82) is 0 Å². The molecule has 0 fully saturated rings. The minimum atomic E-state index is -0.712. The third-order valence-electron chi connectivity index (χ3n) is 4.16. The molecule has 0 saturated carbocycles. The summed E-state index contributed by atoms with van der Waals surface area (Å²) >= 11 is 0. The Morgan fingerprint density at radius 1 is 1.22 bits per heavy atom. The smallest absolute Gasteiger partial charge is 0.274 e. The third kappa shape index (κ3) is 3.41. The van der Waals surface area contributed by atoms with E-state index in [0.29, 0.717) is 22.7 Å². The number of nitrogens with one attached hydrogen (secondary N) is 1. The summed E-state index contributed by atoms with van der Waals surface area (Å²) in [6.07, 6.45) is 1.50. The van der Waals surface area contributed by atoms with E-state index in [1.807, 2.05) is 0 Å². The van der Waals surface area contributed by atoms with Crippen LogP contribution in [0.1, 0.15) is 21.5 Å². The van der Waals surface area contributed by atoms with Gasteiger partial charge in [-0.25, -0.2) is 0 Å². The van der Waals surface area contributed by atoms with Crippen molar-refractivity contribution in [3.8, 4) is 17.4 Å². The van der Waals surface area contributed by atoms with Gasteiger partial charge in [-0.3, -0.25) is 14.0 Å². The van der Waals surface area contributed by atoms with Crippen LogP contribution in [-0.4, -0.2) is 34.6 Å². The molecule has 3 aromatic rings. The normalized spacial score (nSPS) is 10.6. The molecule has 0 spiro atoms. The Balaban J connectivity index is 1.88. The number of hydrogen-bond acceptors (Lipinski definition) is 6. The van der Waals surface area contributed by atoms with Gasteiger partial charge in [-0.15, -0.1) is 0 Å². The lowest BCUT2D eigenvalue weighted by molar-refractivity contribution is 0.0945. The number of methoxy groups -OCH3 is 2. The van der Waals surface area contributed by atoms with Crippen LogP contribution in [-0.2, 0) is 6.54 Å². The van der Waals surface area contributed by atoms with Gasteiger partial charge in [0.2, 0.25) is 5.88 Å². The molecule has 0 bridgehead atoms. The fourth-order valence-corrected chi connectivity index (χ4v) is 2.75. The highest BCUT2D eigenvalue weighted by Gasteiger charge is 2.20. The van der Waals surface area contributed by atoms with Gasteiger partial charge in [0.1, 0.15) is 5.65 Å². The van der Waals surface area contributed by atoms with E-state index in [1.54, 1.807) is 37.3 Å². The first-order valence-electron chi connectivity index (χ1n) is 8.16. The molecule has 0 aliphatic heterocycles. The molecule has 0 aliphatic carbocycles. The summed E-state index contributed by atoms with van der Waals surface area (Å²) in [6, 6.07) is 8.63. The largest absolute Gasteiger partial charge is 0.493 e. The van der Waals surface area contributed by atoms with E-state index in [2.05, 4.69) is 10.3 Å². The molecule has 0 radical (unpaired) electrons. The van der Waals surface area contributed by atoms with Crippen LogP contribution in [0, 0.1) is 6.92 Å². The van der Waals surface area contributed by atoms with Gasteiger partial charge in [0, 0.05) is 12.7 Å². The number of benzene rings is 1. The van der Waals surface area contributed by atoms with Crippen molar-refractivity contribution in [3.63, 3.8) is 0 Å². The SMILES string of the molecule is COc1ccc(CNC(=O)c2c(O)nc3c(C)cccn3c2=O)cc1OC. The molecule has 1 amide bonds. The molecule has 8 heteroatoms. The van der Waals surface area contributed by atoms with E-state index in [1.165, 1.54) is 24.8 Å². The molecule has 27 heavy (non-hydrogen) atoms. The van der Waals surface area contributed by atoms with Crippen LogP contribution >= 0.6 is 0 Å². The number of aromatic nitrogens is 2. The molecule has 2 N–H and O–H groups in total. The van der Waals surface area contributed by atoms with E-state index >= 15 is 0 Å². The Kier molecular flexibility index (Phi) is 4.98. The molecular weight excluding hydrogens is 350 g/mol. The van der Waals surface area contributed by atoms with Crippen molar-refractivity contribution in [3.05, 3.63) is 63.6 Å². The Morgan fingerprint density at radius 3 is 2.67 bits per heavy atom. The van der Waals surface area contributed by atoms with Crippen LogP contribution < -0.4 is 20.3 Å². The van der Waals surface area contributed by atoms with Crippen LogP contribution in [0.5, 0.6) is 17.4 Å². The average molecular weight is 369 g/mol. The number of hydrogen-bond donors (Lipinski definition) is 2. The van der Waals surface area contributed by atoms with Gasteiger partial charge >= 0.3 is 0 Å². The topological polar surface area (TPSA) is 102 Å². The number of carbonyl (C=O) groups excluding carboxylic acids is 1. The number of fused-ring (bicyclic) bond motifs is 1. The average Bonchev–Trinajstić information content (AvgIpc) is 2.67. The Labute approximate surface area is 155 Å². The van der Waals surface area contributed by atoms with E-state index in [4.69, 9.17) is 9.47 Å². The zero-order valence-corrected chi connectivity index (χ0v) is 15.1. The van der Waals surface area contributed by atoms with Crippen molar-refractivity contribution in [2.24, 2.45) is 0 Å². The van der Waals surface area contributed by atoms with E-state index in [0.717, 1.165) is 5.56 Å². The van der Waals surface area contributed by atoms with Crippen LogP contribution in [0.25, 0.3) is 5.65 Å². The lowest BCUT2D eigenvalue weighted by atomic mass is 10.2. The van der Waals surface area contributed by atoms with Crippen LogP contribution in [0.2, 0.25) is 0 Å². The highest BCUT2D eigenvalue weighted by Crippen LogP contribution is 2.27. The lowest BCUT2D eigenvalue weighted by Crippen LogP contribution is -2.31. The number of aryl methyl sites for hydroxylation is 1. The van der Waals surface area contributed by atoms with Gasteiger partial charge in [-0.05, 0) is 36.2 Å². The van der Waals surface area contributed by atoms with E-state index in [-0.39, 0.29) is 6.54 Å². The van der Waals surface area contributed by atoms with Gasteiger partial charge in [0.25, 0.3) is 11.5 Å². The maximum Gasteiger partial charge on any atom is 0.274 e. The predicted octanol–water partition coefficient (Wildman–Crippen LogP) is 1.66. The Bertz CT molecular complexity index is 1070. The maximum atomic E-state index is 12.6. The number of amides is 1. The summed E-state index contributed by atoms with van der Waals surface area (Å²) in [6.45, 7) is 1.90. The van der Waals surface area contributed by atoms with Crippen molar-refractivity contribution >= 4 is 11.6 Å². The molecule has 2 heterocycles. The highest BCUT2D eigenvalue weighted by molar-refractivity contribution is 5.96. The molecular formula is C19H19N3O5. The molecule has 8 nitrogen and oxygen atoms in total. The second kappa shape index (κ2) is 7.36. The van der Waals surface area contributed by atoms with Crippen molar-refractivity contribution in [2.45, 2.75) is 13.5 Å². The van der Waals surface area contributed by atoms with Gasteiger partial charge in [0.05, 0.1) is 14.2 Å². The molecule has 2 aromatic heterocycles. The monoisotopic (exact) mass is 369 g/mol. The number of rotatable bonds is 5. The predicted molar refractivity (Wildman–Crippen MR) is 98.6 cm³/mol. The summed E-state index contributed by atoms with van der Waals surface area (Å²) in [4.78, 5) is 29.1. The van der Waals surface area contributed by atoms with E-state index < -0.39 is 22.9 Å². The Hall–Kier alpha value is -3.55. The zero-order valence-electron chi connectivity index (χ0n) is 15.1. The second-order valence-corrected chi connectivity index (χ2v) is 5.87. The molecule has 0 saturated heterocycles. The van der Waals surface area contributed by atoms with Gasteiger partial charge in [-0.1, -0.05) is 12.1 Å². The first-order chi connectivity index (χ1) is 13.0. The summed E-state index contributed by atoms with van der Waals surface area (Å²) in [5, 5.41) is 12.7. The summed E-state index contributed by atoms with van der Waals surface area (Å²) < 4.78 is 11.6. The third-order valence-corrected chi connectivity index (χ3v) is 4.16. The molecule has 140 valence electrons. The number of nitrogens with zero attached hydrogens (tertiary/aromatic N) is 2. The maximum absolute atomic E-state index is 12.6. The Morgan fingerprint density at radius 2 is 1.96 bits per heavy atom. The van der Waals surface area contributed by atoms with Crippen LogP contribution in [0.3, 0.4) is 0 Å². The van der Waals surface area contributed by atoms with Crippen molar-refractivity contribution in [1.82, 2.24) is 14.7 Å². The van der Waals surface area contributed by atoms with Crippen LogP contribution in [0.4, 0.5) is 0 Å². The minimum absolute atomic E-state index is 0.134. The summed E-state index contributed by atoms with van der Waals surface area (Å²) in [5.41, 5.74) is 0.716. The van der Waals surface area contributed by atoms with Crippen molar-refractivity contribution < 1.29 is 19.4 Å². The highest BCUT2D eigenvalue weighted by atomic mass is 16.5. The fourth-order valence-electron chi connectivity index (χ4n) is 2.75. The number of pyridine rings is 1. The van der Waals surface area contributed by atoms with Gasteiger partial charge < -0.3 is 19.9 Å². The second-order valence-electron chi connectivity index (χ2n) is 5.87. The molecule has 1 aromatic carbocycles. The van der Waals surface area contributed by atoms with Crippen LogP contribution in [0.15, 0.2) is 41.3 Å². The number of carbonyl (C=O) groups is 1. The van der Waals surface area contributed by atoms with E-state index in [9.17, 15) is 14.7 Å². The molecule has 0 aliphatic rings. The molecule has 0 atom stereocenters. The first kappa shape index (κ1) is 18.2. The number of aromatic hydroxyl groups is 1.